The third-order valence-electron chi connectivity index (χ3n) is 10.9. The molecule has 0 radical (unpaired) electrons. The number of thioether (sulfide) groups is 1. The number of amides is 8. The van der Waals surface area contributed by atoms with E-state index in [2.05, 4.69) is 42.5 Å². The Kier molecular flexibility index (Phi) is 28.9. The van der Waals surface area contributed by atoms with Crippen LogP contribution >= 0.6 is 11.8 Å². The summed E-state index contributed by atoms with van der Waals surface area (Å²) in [4.78, 5) is 155. The van der Waals surface area contributed by atoms with E-state index in [-0.39, 0.29) is 76.8 Å². The lowest BCUT2D eigenvalue weighted by molar-refractivity contribution is -0.148. The van der Waals surface area contributed by atoms with E-state index >= 15 is 0 Å². The maximum atomic E-state index is 14.3. The van der Waals surface area contributed by atoms with Crippen LogP contribution < -0.4 is 65.5 Å². The highest BCUT2D eigenvalue weighted by Crippen LogP contribution is 2.21. The van der Waals surface area contributed by atoms with E-state index in [0.29, 0.717) is 0 Å². The Hall–Kier alpha value is -7.51. The molecule has 410 valence electrons. The number of hydrogen-bond donors (Lipinski definition) is 18. The zero-order chi connectivity index (χ0) is 55.4. The lowest BCUT2D eigenvalue weighted by atomic mass is 10.0. The molecule has 1 aliphatic rings. The van der Waals surface area contributed by atoms with Crippen LogP contribution in [0.4, 0.5) is 0 Å². The van der Waals surface area contributed by atoms with Gasteiger partial charge in [-0.3, -0.25) is 63.6 Å². The van der Waals surface area contributed by atoms with Gasteiger partial charge in [0.1, 0.15) is 42.3 Å². The molecular formula is C41H69N15O16S. The average Bonchev–Trinajstić information content (AvgIpc) is 3.80. The van der Waals surface area contributed by atoms with Gasteiger partial charge in [0.05, 0.1) is 12.5 Å². The fourth-order valence-electron chi connectivity index (χ4n) is 7.11. The third-order valence-corrected chi connectivity index (χ3v) is 11.5. The topological polar surface area (TPSA) is 537 Å². The number of guanidine groups is 2. The predicted molar refractivity (Wildman–Crippen MR) is 258 cm³/mol. The smallest absolute Gasteiger partial charge is 0.326 e. The number of primary amides is 1. The number of nitrogens with zero attached hydrogens (tertiary/aromatic N) is 1. The largest absolute Gasteiger partial charge is 0.481 e. The van der Waals surface area contributed by atoms with E-state index in [0.717, 1.165) is 4.90 Å². The molecule has 0 aliphatic carbocycles. The monoisotopic (exact) mass is 1060 g/mol. The van der Waals surface area contributed by atoms with Gasteiger partial charge in [-0.25, -0.2) is 4.79 Å². The molecule has 0 bridgehead atoms. The van der Waals surface area contributed by atoms with Crippen LogP contribution in [-0.2, 0) is 57.5 Å². The summed E-state index contributed by atoms with van der Waals surface area (Å²) in [5.41, 5.74) is 22.0. The normalized spacial score (nSPS) is 15.8. The van der Waals surface area contributed by atoms with Gasteiger partial charge in [0.25, 0.3) is 0 Å². The first-order valence-electron chi connectivity index (χ1n) is 23.0. The molecule has 1 heterocycles. The molecule has 0 aromatic heterocycles. The highest BCUT2D eigenvalue weighted by molar-refractivity contribution is 7.98. The summed E-state index contributed by atoms with van der Waals surface area (Å²) >= 11 is 1.25. The first-order valence-corrected chi connectivity index (χ1v) is 24.4. The number of nitrogens with one attached hydrogen (secondary N) is 10. The SMILES string of the molecule is CSCC[C@H](NC(=O)[C@H](CCC(=O)O)NC(=O)[C@@H](N)CCC(=O)O)C(=O)N[C@@H](CCC(N)=O)C(=O)N[C@@H](CCCNC(=N)N)C(=O)N[C@@H](CCCNC(=N)N)C(=O)N1CCC[C@H]1C(=O)N[C@@H](CC(=O)O)C(=O)O. The van der Waals surface area contributed by atoms with E-state index in [1.54, 1.807) is 6.26 Å². The zero-order valence-corrected chi connectivity index (χ0v) is 41.0. The van der Waals surface area contributed by atoms with Crippen molar-refractivity contribution in [3.63, 3.8) is 0 Å². The third kappa shape index (κ3) is 25.4. The Morgan fingerprint density at radius 2 is 1.01 bits per heavy atom. The zero-order valence-electron chi connectivity index (χ0n) is 40.2. The van der Waals surface area contributed by atoms with Crippen molar-refractivity contribution in [1.82, 2.24) is 47.4 Å². The van der Waals surface area contributed by atoms with Crippen molar-refractivity contribution >= 4 is 94.8 Å². The van der Waals surface area contributed by atoms with Gasteiger partial charge in [-0.15, -0.1) is 0 Å². The van der Waals surface area contributed by atoms with Crippen LogP contribution in [0, 0.1) is 10.8 Å². The minimum atomic E-state index is -1.83. The molecule has 0 spiro atoms. The van der Waals surface area contributed by atoms with Crippen molar-refractivity contribution < 1.29 is 78.0 Å². The summed E-state index contributed by atoms with van der Waals surface area (Å²) in [5, 5.41) is 71.4. The Morgan fingerprint density at radius 1 is 0.575 bits per heavy atom. The van der Waals surface area contributed by atoms with Gasteiger partial charge < -0.3 is 90.8 Å². The molecule has 22 N–H and O–H groups in total. The lowest BCUT2D eigenvalue weighted by Crippen LogP contribution is -2.60. The van der Waals surface area contributed by atoms with Gasteiger partial charge in [-0.1, -0.05) is 0 Å². The van der Waals surface area contributed by atoms with Crippen molar-refractivity contribution in [3.8, 4) is 0 Å². The number of carboxylic acid groups (broad SMARTS) is 4. The summed E-state index contributed by atoms with van der Waals surface area (Å²) in [6.45, 7) is -0.00741. The summed E-state index contributed by atoms with van der Waals surface area (Å²) < 4.78 is 0. The number of rotatable bonds is 36. The molecule has 0 aromatic carbocycles. The van der Waals surface area contributed by atoms with Crippen molar-refractivity contribution in [2.75, 3.05) is 31.6 Å². The van der Waals surface area contributed by atoms with Crippen LogP contribution in [0.3, 0.4) is 0 Å². The second-order valence-electron chi connectivity index (χ2n) is 16.7. The molecule has 8 atom stereocenters. The van der Waals surface area contributed by atoms with E-state index < -0.39 is 170 Å². The Bertz CT molecular complexity index is 2020. The van der Waals surface area contributed by atoms with Crippen molar-refractivity contribution in [3.05, 3.63) is 0 Å². The number of likely N-dealkylation sites (tertiary alicyclic amines) is 1. The molecule has 1 fully saturated rings. The summed E-state index contributed by atoms with van der Waals surface area (Å²) in [6.07, 6.45) is -2.24. The van der Waals surface area contributed by atoms with Crippen LogP contribution in [-0.4, -0.2) is 188 Å². The quantitative estimate of drug-likeness (QED) is 0.0158. The maximum Gasteiger partial charge on any atom is 0.326 e. The summed E-state index contributed by atoms with van der Waals surface area (Å²) in [5.74, 6) is -14.1. The number of carboxylic acids is 4. The molecule has 1 rings (SSSR count). The summed E-state index contributed by atoms with van der Waals surface area (Å²) in [7, 11) is 0. The van der Waals surface area contributed by atoms with Crippen LogP contribution in [0.15, 0.2) is 0 Å². The number of aliphatic carboxylic acids is 4. The van der Waals surface area contributed by atoms with Gasteiger partial charge >= 0.3 is 23.9 Å². The Morgan fingerprint density at radius 3 is 1.47 bits per heavy atom. The molecule has 1 saturated heterocycles. The molecule has 31 nitrogen and oxygen atoms in total. The standard InChI is InChI=1S/C41H69N15O16S/c1-73-18-14-24(53-35(67)23(10-13-30(60)61)50-32(64)20(42)8-12-29(58)59)36(68)52-22(9-11-28(43)57)34(66)51-21(5-2-15-48-40(44)45)33(65)54-25(6-3-16-49-41(46)47)38(70)56-17-4-7-27(56)37(69)55-26(39(71)72)19-31(62)63/h20-27H,2-19,42H2,1H3,(H2,43,57)(H,50,64)(H,51,66)(H,52,68)(H,53,67)(H,54,65)(H,55,69)(H,58,59)(H,60,61)(H,62,63)(H,71,72)(H4,44,45,48)(H4,46,47,49)/t20-,21-,22-,23-,24-,25-,26-,27-/m0/s1. The number of carbonyl (C=O) groups is 12. The number of carbonyl (C=O) groups excluding carboxylic acids is 8. The molecule has 1 aliphatic heterocycles. The van der Waals surface area contributed by atoms with E-state index in [9.17, 15) is 67.7 Å². The minimum absolute atomic E-state index is 0.00130. The average molecular weight is 1060 g/mol. The van der Waals surface area contributed by atoms with Crippen LogP contribution in [0.2, 0.25) is 0 Å². The van der Waals surface area contributed by atoms with Gasteiger partial charge in [0, 0.05) is 38.9 Å². The van der Waals surface area contributed by atoms with Crippen molar-refractivity contribution in [2.45, 2.75) is 138 Å². The van der Waals surface area contributed by atoms with Gasteiger partial charge in [-0.05, 0) is 76.2 Å². The summed E-state index contributed by atoms with van der Waals surface area (Å²) in [6, 6.07) is -12.2. The highest BCUT2D eigenvalue weighted by atomic mass is 32.2. The van der Waals surface area contributed by atoms with E-state index in [1.807, 2.05) is 0 Å². The van der Waals surface area contributed by atoms with Crippen LogP contribution in [0.25, 0.3) is 0 Å². The van der Waals surface area contributed by atoms with Gasteiger partial charge in [0.15, 0.2) is 11.9 Å². The molecule has 32 heteroatoms. The lowest BCUT2D eigenvalue weighted by Gasteiger charge is -2.31. The Labute approximate surface area is 422 Å². The van der Waals surface area contributed by atoms with Crippen molar-refractivity contribution in [1.29, 1.82) is 10.8 Å². The first-order chi connectivity index (χ1) is 34.3. The molecule has 0 saturated carbocycles. The molecule has 0 aromatic rings. The fourth-order valence-corrected chi connectivity index (χ4v) is 7.58. The number of hydrogen-bond acceptors (Lipinski definition) is 16. The van der Waals surface area contributed by atoms with E-state index in [1.165, 1.54) is 11.8 Å². The fraction of sp³-hybridized carbons (Fsp3) is 0.659. The second kappa shape index (κ2) is 33.2. The second-order valence-corrected chi connectivity index (χ2v) is 17.7. The van der Waals surface area contributed by atoms with Gasteiger partial charge in [0.2, 0.25) is 47.3 Å². The molecule has 73 heavy (non-hydrogen) atoms. The molecule has 8 amide bonds. The predicted octanol–water partition coefficient (Wildman–Crippen LogP) is -5.95. The van der Waals surface area contributed by atoms with Crippen molar-refractivity contribution in [2.24, 2.45) is 22.9 Å². The molecule has 0 unspecified atom stereocenters. The minimum Gasteiger partial charge on any atom is -0.481 e. The van der Waals surface area contributed by atoms with E-state index in [4.69, 9.17) is 44.0 Å². The molecular weight excluding hydrogens is 991 g/mol. The maximum absolute atomic E-state index is 14.3. The highest BCUT2D eigenvalue weighted by Gasteiger charge is 2.40. The first kappa shape index (κ1) is 63.5. The Balaban J connectivity index is 3.58. The number of nitrogens with two attached hydrogens (primary N) is 4. The van der Waals surface area contributed by atoms with Crippen LogP contribution in [0.5, 0.6) is 0 Å². The van der Waals surface area contributed by atoms with Gasteiger partial charge in [-0.2, -0.15) is 11.8 Å². The van der Waals surface area contributed by atoms with Crippen LogP contribution in [0.1, 0.15) is 89.9 Å².